The lowest BCUT2D eigenvalue weighted by Gasteiger charge is -2.19. The van der Waals surface area contributed by atoms with Gasteiger partial charge in [0.25, 0.3) is 5.91 Å². The van der Waals surface area contributed by atoms with E-state index in [9.17, 15) is 14.9 Å². The molecule has 2 rings (SSSR count). The number of hydrogen-bond donors (Lipinski definition) is 1. The fraction of sp³-hybridized carbons (Fsp3) is 0.316. The standard InChI is InChI=1S/C19H21N3O2S/c1-5-9-21-17(23)15(11-20)19-22(18(24)16(6-2)25-19)14-8-7-12(3)13(4)10-14/h5,7-8,10,16H,1,6,9H2,2-4H3,(H,21,23)/b19-15-. The molecular formula is C19H21N3O2S. The molecule has 6 heteroatoms. The highest BCUT2D eigenvalue weighted by molar-refractivity contribution is 8.05. The van der Waals surface area contributed by atoms with Crippen molar-refractivity contribution in [3.8, 4) is 6.07 Å². The molecule has 130 valence electrons. The van der Waals surface area contributed by atoms with Gasteiger partial charge in [0.15, 0.2) is 0 Å². The molecule has 1 N–H and O–H groups in total. The van der Waals surface area contributed by atoms with Crippen molar-refractivity contribution in [1.29, 1.82) is 5.26 Å². The summed E-state index contributed by atoms with van der Waals surface area (Å²) in [6.45, 7) is 9.69. The maximum Gasteiger partial charge on any atom is 0.264 e. The molecule has 2 amide bonds. The van der Waals surface area contributed by atoms with Crippen LogP contribution in [-0.2, 0) is 9.59 Å². The Kier molecular flexibility index (Phi) is 6.05. The molecule has 25 heavy (non-hydrogen) atoms. The van der Waals surface area contributed by atoms with E-state index in [1.54, 1.807) is 6.08 Å². The highest BCUT2D eigenvalue weighted by atomic mass is 32.2. The smallest absolute Gasteiger partial charge is 0.264 e. The maximum atomic E-state index is 12.8. The summed E-state index contributed by atoms with van der Waals surface area (Å²) in [7, 11) is 0. The van der Waals surface area contributed by atoms with Crippen LogP contribution >= 0.6 is 11.8 Å². The molecule has 1 unspecified atom stereocenters. The molecule has 1 fully saturated rings. The monoisotopic (exact) mass is 355 g/mol. The van der Waals surface area contributed by atoms with E-state index in [0.29, 0.717) is 17.1 Å². The maximum absolute atomic E-state index is 12.8. The average molecular weight is 355 g/mol. The van der Waals surface area contributed by atoms with Gasteiger partial charge in [0, 0.05) is 12.2 Å². The Morgan fingerprint density at radius 3 is 2.72 bits per heavy atom. The molecular weight excluding hydrogens is 334 g/mol. The Balaban J connectivity index is 2.55. The molecule has 1 aromatic rings. The number of nitrogens with one attached hydrogen (secondary N) is 1. The Hall–Kier alpha value is -2.52. The van der Waals surface area contributed by atoms with Crippen molar-refractivity contribution in [2.75, 3.05) is 11.4 Å². The second-order valence-electron chi connectivity index (χ2n) is 5.75. The third-order valence-electron chi connectivity index (χ3n) is 4.03. The molecule has 5 nitrogen and oxygen atoms in total. The number of nitriles is 1. The Morgan fingerprint density at radius 1 is 1.44 bits per heavy atom. The third-order valence-corrected chi connectivity index (χ3v) is 5.46. The lowest BCUT2D eigenvalue weighted by molar-refractivity contribution is -0.117. The Labute approximate surface area is 152 Å². The topological polar surface area (TPSA) is 73.2 Å². The van der Waals surface area contributed by atoms with Gasteiger partial charge in [-0.25, -0.2) is 0 Å². The quantitative estimate of drug-likeness (QED) is 0.500. The first-order valence-electron chi connectivity index (χ1n) is 8.05. The molecule has 0 saturated carbocycles. The minimum atomic E-state index is -0.497. The summed E-state index contributed by atoms with van der Waals surface area (Å²) in [6.07, 6.45) is 2.17. The van der Waals surface area contributed by atoms with Crippen molar-refractivity contribution in [2.24, 2.45) is 0 Å². The van der Waals surface area contributed by atoms with Crippen LogP contribution in [0.15, 0.2) is 41.5 Å². The van der Waals surface area contributed by atoms with Gasteiger partial charge < -0.3 is 5.32 Å². The summed E-state index contributed by atoms with van der Waals surface area (Å²) in [5.41, 5.74) is 2.79. The van der Waals surface area contributed by atoms with Crippen LogP contribution in [0.5, 0.6) is 0 Å². The van der Waals surface area contributed by atoms with Crippen LogP contribution in [0.4, 0.5) is 5.69 Å². The fourth-order valence-corrected chi connectivity index (χ4v) is 3.67. The number of thioether (sulfide) groups is 1. The number of nitrogens with zero attached hydrogens (tertiary/aromatic N) is 2. The SMILES string of the molecule is C=CCNC(=O)/C(C#N)=C1\SC(CC)C(=O)N1c1ccc(C)c(C)c1. The third kappa shape index (κ3) is 3.77. The van der Waals surface area contributed by atoms with Gasteiger partial charge in [-0.3, -0.25) is 14.5 Å². The zero-order valence-corrected chi connectivity index (χ0v) is 15.4. The van der Waals surface area contributed by atoms with Crippen molar-refractivity contribution >= 4 is 29.3 Å². The van der Waals surface area contributed by atoms with Crippen molar-refractivity contribution in [3.63, 3.8) is 0 Å². The van der Waals surface area contributed by atoms with E-state index >= 15 is 0 Å². The summed E-state index contributed by atoms with van der Waals surface area (Å²) in [5.74, 6) is -0.599. The number of hydrogen-bond acceptors (Lipinski definition) is 4. The number of amides is 2. The van der Waals surface area contributed by atoms with Crippen LogP contribution in [0, 0.1) is 25.2 Å². The molecule has 0 aromatic heterocycles. The van der Waals surface area contributed by atoms with Crippen molar-refractivity contribution in [2.45, 2.75) is 32.4 Å². The summed E-state index contributed by atoms with van der Waals surface area (Å²) >= 11 is 1.27. The van der Waals surface area contributed by atoms with Gasteiger partial charge in [-0.15, -0.1) is 6.58 Å². The molecule has 1 aromatic carbocycles. The normalized spacial score (nSPS) is 18.7. The highest BCUT2D eigenvalue weighted by Gasteiger charge is 2.39. The van der Waals surface area contributed by atoms with Crippen LogP contribution in [-0.4, -0.2) is 23.6 Å². The number of aryl methyl sites for hydroxylation is 2. The molecule has 0 bridgehead atoms. The molecule has 1 saturated heterocycles. The van der Waals surface area contributed by atoms with Crippen molar-refractivity contribution in [1.82, 2.24) is 5.32 Å². The van der Waals surface area contributed by atoms with Gasteiger partial charge in [0.1, 0.15) is 16.7 Å². The van der Waals surface area contributed by atoms with Gasteiger partial charge in [-0.1, -0.05) is 30.8 Å². The lowest BCUT2D eigenvalue weighted by atomic mass is 10.1. The molecule has 0 aliphatic carbocycles. The fourth-order valence-electron chi connectivity index (χ4n) is 2.47. The van der Waals surface area contributed by atoms with Crippen LogP contribution in [0.1, 0.15) is 24.5 Å². The first-order valence-corrected chi connectivity index (χ1v) is 8.93. The van der Waals surface area contributed by atoms with E-state index < -0.39 is 5.91 Å². The predicted molar refractivity (Wildman–Crippen MR) is 101 cm³/mol. The van der Waals surface area contributed by atoms with Gasteiger partial charge in [-0.2, -0.15) is 5.26 Å². The highest BCUT2D eigenvalue weighted by Crippen LogP contribution is 2.42. The Bertz CT molecular complexity index is 792. The number of carbonyl (C=O) groups excluding carboxylic acids is 2. The molecule has 1 aliphatic heterocycles. The van der Waals surface area contributed by atoms with Crippen molar-refractivity contribution < 1.29 is 9.59 Å². The largest absolute Gasteiger partial charge is 0.348 e. The summed E-state index contributed by atoms with van der Waals surface area (Å²) in [6, 6.07) is 7.64. The first-order chi connectivity index (χ1) is 11.9. The number of carbonyl (C=O) groups is 2. The summed E-state index contributed by atoms with van der Waals surface area (Å²) in [4.78, 5) is 26.6. The second kappa shape index (κ2) is 8.04. The number of rotatable bonds is 5. The average Bonchev–Trinajstić information content (AvgIpc) is 2.92. The van der Waals surface area contributed by atoms with Crippen LogP contribution in [0.2, 0.25) is 0 Å². The Morgan fingerprint density at radius 2 is 2.16 bits per heavy atom. The van der Waals surface area contributed by atoms with E-state index in [4.69, 9.17) is 0 Å². The molecule has 0 radical (unpaired) electrons. The number of anilines is 1. The second-order valence-corrected chi connectivity index (χ2v) is 6.94. The van der Waals surface area contributed by atoms with Crippen LogP contribution < -0.4 is 10.2 Å². The number of benzene rings is 1. The van der Waals surface area contributed by atoms with Gasteiger partial charge >= 0.3 is 0 Å². The van der Waals surface area contributed by atoms with E-state index in [-0.39, 0.29) is 23.3 Å². The van der Waals surface area contributed by atoms with E-state index in [1.807, 2.05) is 45.0 Å². The first kappa shape index (κ1) is 18.8. The minimum Gasteiger partial charge on any atom is -0.348 e. The van der Waals surface area contributed by atoms with E-state index in [1.165, 1.54) is 16.7 Å². The summed E-state index contributed by atoms with van der Waals surface area (Å²) in [5, 5.41) is 12.2. The minimum absolute atomic E-state index is 0.0469. The van der Waals surface area contributed by atoms with Crippen molar-refractivity contribution in [3.05, 3.63) is 52.6 Å². The van der Waals surface area contributed by atoms with Gasteiger partial charge in [-0.05, 0) is 43.5 Å². The van der Waals surface area contributed by atoms with E-state index in [0.717, 1.165) is 11.1 Å². The summed E-state index contributed by atoms with van der Waals surface area (Å²) < 4.78 is 0. The molecule has 1 aliphatic rings. The zero-order chi connectivity index (χ0) is 18.6. The van der Waals surface area contributed by atoms with Gasteiger partial charge in [0.2, 0.25) is 5.91 Å². The molecule has 1 heterocycles. The lowest BCUT2D eigenvalue weighted by Crippen LogP contribution is -2.31. The zero-order valence-electron chi connectivity index (χ0n) is 14.6. The van der Waals surface area contributed by atoms with Gasteiger partial charge in [0.05, 0.1) is 5.25 Å². The van der Waals surface area contributed by atoms with Crippen LogP contribution in [0.25, 0.3) is 0 Å². The molecule has 0 spiro atoms. The van der Waals surface area contributed by atoms with Crippen LogP contribution in [0.3, 0.4) is 0 Å². The predicted octanol–water partition coefficient (Wildman–Crippen LogP) is 3.20. The molecule has 1 atom stereocenters. The van der Waals surface area contributed by atoms with E-state index in [2.05, 4.69) is 11.9 Å².